The number of hydrogen-bond acceptors (Lipinski definition) is 1. The van der Waals surface area contributed by atoms with Crippen LogP contribution < -0.4 is 0 Å². The summed E-state index contributed by atoms with van der Waals surface area (Å²) >= 11 is 0. The van der Waals surface area contributed by atoms with Crippen molar-refractivity contribution >= 4 is 16.6 Å². The van der Waals surface area contributed by atoms with E-state index in [1.165, 1.54) is 16.3 Å². The highest BCUT2D eigenvalue weighted by atomic mass is 16.1. The fraction of sp³-hybridized carbons (Fsp3) is 0.188. The first-order valence-corrected chi connectivity index (χ1v) is 5.85. The Kier molecular flexibility index (Phi) is 3.38. The van der Waals surface area contributed by atoms with Crippen LogP contribution in [0.1, 0.15) is 18.1 Å². The Balaban J connectivity index is 2.51. The van der Waals surface area contributed by atoms with Crippen molar-refractivity contribution in [2.24, 2.45) is 0 Å². The molecule has 2 aromatic carbocycles. The third kappa shape index (κ3) is 2.44. The van der Waals surface area contributed by atoms with Crippen molar-refractivity contribution in [2.45, 2.75) is 20.3 Å². The van der Waals surface area contributed by atoms with Gasteiger partial charge in [0, 0.05) is 6.42 Å². The van der Waals surface area contributed by atoms with Gasteiger partial charge < -0.3 is 0 Å². The van der Waals surface area contributed by atoms with E-state index in [1.54, 1.807) is 12.2 Å². The molecule has 0 aliphatic heterocycles. The fourth-order valence-electron chi connectivity index (χ4n) is 2.10. The van der Waals surface area contributed by atoms with Crippen LogP contribution in [0, 0.1) is 6.92 Å². The molecule has 0 spiro atoms. The molecule has 0 saturated heterocycles. The molecule has 2 rings (SSSR count). The first kappa shape index (κ1) is 11.6. The van der Waals surface area contributed by atoms with Crippen molar-refractivity contribution < 1.29 is 4.79 Å². The SMILES string of the molecule is CC=CC(=O)Cc1c(C)ccc2ccccc12. The smallest absolute Gasteiger partial charge is 0.159 e. The summed E-state index contributed by atoms with van der Waals surface area (Å²) in [6, 6.07) is 12.4. The number of rotatable bonds is 3. The Morgan fingerprint density at radius 1 is 1.18 bits per heavy atom. The van der Waals surface area contributed by atoms with Crippen LogP contribution in [0.3, 0.4) is 0 Å². The Morgan fingerprint density at radius 3 is 2.71 bits per heavy atom. The zero-order valence-corrected chi connectivity index (χ0v) is 10.2. The number of benzene rings is 2. The molecule has 2 aromatic rings. The van der Waals surface area contributed by atoms with Gasteiger partial charge in [0.15, 0.2) is 5.78 Å². The molecule has 0 fully saturated rings. The van der Waals surface area contributed by atoms with Gasteiger partial charge in [0.1, 0.15) is 0 Å². The lowest BCUT2D eigenvalue weighted by Crippen LogP contribution is -2.01. The maximum absolute atomic E-state index is 11.7. The van der Waals surface area contributed by atoms with E-state index in [0.717, 1.165) is 5.56 Å². The predicted molar refractivity (Wildman–Crippen MR) is 72.2 cm³/mol. The molecule has 0 radical (unpaired) electrons. The van der Waals surface area contributed by atoms with E-state index in [0.29, 0.717) is 6.42 Å². The standard InChI is InChI=1S/C16H16O/c1-3-6-14(17)11-16-12(2)9-10-13-7-4-5-8-15(13)16/h3-10H,11H2,1-2H3. The minimum atomic E-state index is 0.159. The monoisotopic (exact) mass is 224 g/mol. The van der Waals surface area contributed by atoms with Gasteiger partial charge in [-0.05, 0) is 41.8 Å². The van der Waals surface area contributed by atoms with E-state index < -0.39 is 0 Å². The number of hydrogen-bond donors (Lipinski definition) is 0. The van der Waals surface area contributed by atoms with Crippen LogP contribution in [0.4, 0.5) is 0 Å². The molecule has 86 valence electrons. The maximum Gasteiger partial charge on any atom is 0.159 e. The third-order valence-electron chi connectivity index (χ3n) is 2.98. The molecule has 0 unspecified atom stereocenters. The second-order valence-electron chi connectivity index (χ2n) is 4.23. The molecule has 0 N–H and O–H groups in total. The molecule has 17 heavy (non-hydrogen) atoms. The minimum absolute atomic E-state index is 0.159. The molecule has 0 saturated carbocycles. The van der Waals surface area contributed by atoms with Gasteiger partial charge in [0.25, 0.3) is 0 Å². The van der Waals surface area contributed by atoms with Crippen molar-refractivity contribution in [3.63, 3.8) is 0 Å². The highest BCUT2D eigenvalue weighted by molar-refractivity contribution is 5.96. The van der Waals surface area contributed by atoms with Gasteiger partial charge >= 0.3 is 0 Å². The van der Waals surface area contributed by atoms with Crippen molar-refractivity contribution in [1.82, 2.24) is 0 Å². The second kappa shape index (κ2) is 4.96. The largest absolute Gasteiger partial charge is 0.294 e. The summed E-state index contributed by atoms with van der Waals surface area (Å²) in [6.45, 7) is 3.93. The average molecular weight is 224 g/mol. The average Bonchev–Trinajstić information content (AvgIpc) is 2.33. The van der Waals surface area contributed by atoms with Crippen molar-refractivity contribution in [2.75, 3.05) is 0 Å². The molecule has 0 atom stereocenters. The first-order valence-electron chi connectivity index (χ1n) is 5.85. The molecule has 0 bridgehead atoms. The van der Waals surface area contributed by atoms with E-state index in [4.69, 9.17) is 0 Å². The quantitative estimate of drug-likeness (QED) is 0.724. The normalized spacial score (nSPS) is 11.2. The van der Waals surface area contributed by atoms with E-state index in [2.05, 4.69) is 31.2 Å². The van der Waals surface area contributed by atoms with Gasteiger partial charge in [-0.2, -0.15) is 0 Å². The predicted octanol–water partition coefficient (Wildman–Crippen LogP) is 3.84. The summed E-state index contributed by atoms with van der Waals surface area (Å²) < 4.78 is 0. The lowest BCUT2D eigenvalue weighted by molar-refractivity contribution is -0.114. The number of carbonyl (C=O) groups is 1. The lowest BCUT2D eigenvalue weighted by Gasteiger charge is -2.08. The summed E-state index contributed by atoms with van der Waals surface area (Å²) in [5.74, 6) is 0.159. The van der Waals surface area contributed by atoms with Crippen LogP contribution in [-0.4, -0.2) is 5.78 Å². The Bertz CT molecular complexity index is 579. The van der Waals surface area contributed by atoms with E-state index in [1.807, 2.05) is 19.1 Å². The van der Waals surface area contributed by atoms with Crippen molar-refractivity contribution in [1.29, 1.82) is 0 Å². The van der Waals surface area contributed by atoms with E-state index in [9.17, 15) is 4.79 Å². The highest BCUT2D eigenvalue weighted by Crippen LogP contribution is 2.22. The van der Waals surface area contributed by atoms with Gasteiger partial charge in [-0.25, -0.2) is 0 Å². The van der Waals surface area contributed by atoms with E-state index >= 15 is 0 Å². The number of carbonyl (C=O) groups excluding carboxylic acids is 1. The van der Waals surface area contributed by atoms with Crippen LogP contribution in [0.2, 0.25) is 0 Å². The molecule has 0 aliphatic carbocycles. The fourth-order valence-corrected chi connectivity index (χ4v) is 2.10. The maximum atomic E-state index is 11.7. The van der Waals surface area contributed by atoms with Crippen LogP contribution in [-0.2, 0) is 11.2 Å². The highest BCUT2D eigenvalue weighted by Gasteiger charge is 2.07. The summed E-state index contributed by atoms with van der Waals surface area (Å²) in [5.41, 5.74) is 2.33. The summed E-state index contributed by atoms with van der Waals surface area (Å²) in [5, 5.41) is 2.38. The zero-order chi connectivity index (χ0) is 12.3. The molecular formula is C16H16O. The van der Waals surface area contributed by atoms with Gasteiger partial charge in [-0.15, -0.1) is 0 Å². The summed E-state index contributed by atoms with van der Waals surface area (Å²) in [6.07, 6.45) is 3.92. The van der Waals surface area contributed by atoms with Crippen LogP contribution in [0.25, 0.3) is 10.8 Å². The summed E-state index contributed by atoms with van der Waals surface area (Å²) in [7, 11) is 0. The molecular weight excluding hydrogens is 208 g/mol. The molecule has 0 aromatic heterocycles. The van der Waals surface area contributed by atoms with Gasteiger partial charge in [0.2, 0.25) is 0 Å². The molecule has 1 heteroatoms. The number of ketones is 1. The Hall–Kier alpha value is -1.89. The van der Waals surface area contributed by atoms with E-state index in [-0.39, 0.29) is 5.78 Å². The van der Waals surface area contributed by atoms with Gasteiger partial charge in [-0.3, -0.25) is 4.79 Å². The van der Waals surface area contributed by atoms with Gasteiger partial charge in [-0.1, -0.05) is 42.5 Å². The number of aryl methyl sites for hydroxylation is 1. The van der Waals surface area contributed by atoms with Crippen LogP contribution in [0.5, 0.6) is 0 Å². The lowest BCUT2D eigenvalue weighted by atomic mass is 9.96. The van der Waals surface area contributed by atoms with Gasteiger partial charge in [0.05, 0.1) is 0 Å². The van der Waals surface area contributed by atoms with Crippen LogP contribution in [0.15, 0.2) is 48.6 Å². The second-order valence-corrected chi connectivity index (χ2v) is 4.23. The minimum Gasteiger partial charge on any atom is -0.294 e. The number of allylic oxidation sites excluding steroid dienone is 2. The van der Waals surface area contributed by atoms with Crippen LogP contribution >= 0.6 is 0 Å². The first-order chi connectivity index (χ1) is 8.22. The van der Waals surface area contributed by atoms with Crippen molar-refractivity contribution in [3.05, 3.63) is 59.7 Å². The Morgan fingerprint density at radius 2 is 1.94 bits per heavy atom. The molecule has 0 heterocycles. The van der Waals surface area contributed by atoms with Crippen molar-refractivity contribution in [3.8, 4) is 0 Å². The molecule has 0 aliphatic rings. The topological polar surface area (TPSA) is 17.1 Å². The molecule has 0 amide bonds. The third-order valence-corrected chi connectivity index (χ3v) is 2.98. The zero-order valence-electron chi connectivity index (χ0n) is 10.2. The summed E-state index contributed by atoms with van der Waals surface area (Å²) in [4.78, 5) is 11.7. The molecule has 1 nitrogen and oxygen atoms in total. The Labute approximate surface area is 102 Å². The number of fused-ring (bicyclic) bond motifs is 1.